The fourth-order valence-corrected chi connectivity index (χ4v) is 4.29. The van der Waals surface area contributed by atoms with E-state index >= 15 is 0 Å². The molecule has 2 aromatic carbocycles. The lowest BCUT2D eigenvalue weighted by molar-refractivity contribution is -0.141. The van der Waals surface area contributed by atoms with Crippen molar-refractivity contribution >= 4 is 29.3 Å². The van der Waals surface area contributed by atoms with Crippen LogP contribution in [0.2, 0.25) is 0 Å². The van der Waals surface area contributed by atoms with Crippen LogP contribution in [0.5, 0.6) is 5.75 Å². The Morgan fingerprint density at radius 3 is 2.06 bits per heavy atom. The first-order chi connectivity index (χ1) is 22.0. The number of morpholine rings is 1. The highest BCUT2D eigenvalue weighted by atomic mass is 19.4. The van der Waals surface area contributed by atoms with E-state index in [0.29, 0.717) is 57.2 Å². The maximum absolute atomic E-state index is 13.9. The molecule has 4 rings (SSSR count). The van der Waals surface area contributed by atoms with Crippen molar-refractivity contribution in [3.8, 4) is 5.75 Å². The van der Waals surface area contributed by atoms with E-state index in [0.717, 1.165) is 42.5 Å². The summed E-state index contributed by atoms with van der Waals surface area (Å²) in [7, 11) is 0. The first kappa shape index (κ1) is 35.2. The van der Waals surface area contributed by atoms with E-state index in [1.165, 1.54) is 0 Å². The summed E-state index contributed by atoms with van der Waals surface area (Å²) in [5.74, 6) is -3.18. The number of nitrogens with zero attached hydrogens (tertiary/aromatic N) is 2. The monoisotopic (exact) mass is 676 g/mol. The van der Waals surface area contributed by atoms with Gasteiger partial charge in [0.2, 0.25) is 0 Å². The van der Waals surface area contributed by atoms with Crippen LogP contribution in [-0.2, 0) is 32.9 Å². The lowest BCUT2D eigenvalue weighted by Crippen LogP contribution is -2.38. The Morgan fingerprint density at radius 1 is 0.830 bits per heavy atom. The molecule has 2 heterocycles. The van der Waals surface area contributed by atoms with E-state index < -0.39 is 69.9 Å². The quantitative estimate of drug-likeness (QED) is 0.116. The number of alkyl halides is 9. The predicted octanol–water partition coefficient (Wildman–Crippen LogP) is 6.51. The molecule has 8 nitrogen and oxygen atoms in total. The van der Waals surface area contributed by atoms with Gasteiger partial charge >= 0.3 is 18.5 Å². The van der Waals surface area contributed by atoms with Crippen LogP contribution in [-0.4, -0.2) is 61.2 Å². The molecule has 0 saturated carbocycles. The average Bonchev–Trinajstić information content (AvgIpc) is 3.00. The molecule has 2 N–H and O–H groups in total. The minimum atomic E-state index is -4.93. The Hall–Kier alpha value is -4.64. The van der Waals surface area contributed by atoms with Crippen LogP contribution in [0.3, 0.4) is 0 Å². The second-order valence-corrected chi connectivity index (χ2v) is 10.0. The molecule has 1 fully saturated rings. The number of hydrogen-bond acceptors (Lipinski definition) is 6. The molecule has 1 saturated heterocycles. The van der Waals surface area contributed by atoms with Gasteiger partial charge < -0.3 is 20.1 Å². The zero-order valence-corrected chi connectivity index (χ0v) is 24.0. The molecular formula is C30H25F9N4O4. The van der Waals surface area contributed by atoms with E-state index in [4.69, 9.17) is 9.47 Å². The van der Waals surface area contributed by atoms with Crippen molar-refractivity contribution in [2.75, 3.05) is 50.1 Å². The summed E-state index contributed by atoms with van der Waals surface area (Å²) in [6.45, 7) is 2.37. The maximum Gasteiger partial charge on any atom is 0.433 e. The molecule has 0 bridgehead atoms. The van der Waals surface area contributed by atoms with Gasteiger partial charge in [-0.1, -0.05) is 12.1 Å². The Morgan fingerprint density at radius 2 is 1.49 bits per heavy atom. The number of anilines is 2. The van der Waals surface area contributed by atoms with Crippen LogP contribution >= 0.6 is 0 Å². The molecule has 252 valence electrons. The molecule has 3 aromatic rings. The summed E-state index contributed by atoms with van der Waals surface area (Å²) in [4.78, 5) is 31.5. The predicted molar refractivity (Wildman–Crippen MR) is 150 cm³/mol. The third-order valence-corrected chi connectivity index (χ3v) is 6.64. The molecule has 0 aliphatic carbocycles. The van der Waals surface area contributed by atoms with Crippen molar-refractivity contribution in [1.29, 1.82) is 0 Å². The number of amides is 2. The minimum Gasteiger partial charge on any atom is -0.492 e. The van der Waals surface area contributed by atoms with Gasteiger partial charge in [-0.05, 0) is 54.1 Å². The zero-order chi connectivity index (χ0) is 34.4. The minimum absolute atomic E-state index is 0.0848. The number of pyridine rings is 1. The Bertz CT molecular complexity index is 1600. The number of halogens is 9. The molecule has 47 heavy (non-hydrogen) atoms. The topological polar surface area (TPSA) is 92.8 Å². The second-order valence-electron chi connectivity index (χ2n) is 10.0. The van der Waals surface area contributed by atoms with Crippen molar-refractivity contribution in [2.24, 2.45) is 0 Å². The molecule has 0 radical (unpaired) electrons. The van der Waals surface area contributed by atoms with Crippen LogP contribution in [0.15, 0.2) is 66.4 Å². The van der Waals surface area contributed by atoms with Crippen molar-refractivity contribution < 1.29 is 58.6 Å². The highest BCUT2D eigenvalue weighted by Gasteiger charge is 2.36. The second kappa shape index (κ2) is 14.4. The molecule has 2 amide bonds. The van der Waals surface area contributed by atoms with Gasteiger partial charge in [-0.2, -0.15) is 39.5 Å². The molecule has 0 atom stereocenters. The normalized spacial score (nSPS) is 14.9. The molecular weight excluding hydrogens is 651 g/mol. The number of benzene rings is 2. The SMILES string of the molecule is O=C(Nc1cccc(C(F)(F)F)c1)/C(=C/c1ccc(C(F)(F)F)nc1)C(=O)Nc1ccc(OCCN2CCOCC2)c(C(F)(F)F)c1. The first-order valence-corrected chi connectivity index (χ1v) is 13.7. The first-order valence-electron chi connectivity index (χ1n) is 13.7. The molecule has 1 aromatic heterocycles. The van der Waals surface area contributed by atoms with Crippen LogP contribution in [0.4, 0.5) is 50.9 Å². The van der Waals surface area contributed by atoms with Crippen LogP contribution < -0.4 is 15.4 Å². The van der Waals surface area contributed by atoms with E-state index in [9.17, 15) is 49.1 Å². The molecule has 0 spiro atoms. The number of hydrogen-bond donors (Lipinski definition) is 2. The smallest absolute Gasteiger partial charge is 0.433 e. The largest absolute Gasteiger partial charge is 0.492 e. The van der Waals surface area contributed by atoms with Gasteiger partial charge in [0.25, 0.3) is 11.8 Å². The molecule has 1 aliphatic heterocycles. The average molecular weight is 677 g/mol. The standard InChI is InChI=1S/C30H25F9N4O4/c31-28(32,33)19-2-1-3-20(15-19)41-26(44)22(14-18-4-7-25(40-17-18)30(37,38)39)27(45)42-21-5-6-24(23(16-21)29(34,35)36)47-13-10-43-8-11-46-12-9-43/h1-7,14-17H,8-13H2,(H,41,44)(H,42,45)/b22-14-. The Balaban J connectivity index is 1.60. The third kappa shape index (κ3) is 9.92. The van der Waals surface area contributed by atoms with Gasteiger partial charge in [0.05, 0.1) is 24.3 Å². The summed E-state index contributed by atoms with van der Waals surface area (Å²) in [6, 6.07) is 7.36. The van der Waals surface area contributed by atoms with Crippen molar-refractivity contribution in [2.45, 2.75) is 18.5 Å². The van der Waals surface area contributed by atoms with E-state index in [-0.39, 0.29) is 12.2 Å². The molecule has 0 unspecified atom stereocenters. The van der Waals surface area contributed by atoms with E-state index in [1.807, 2.05) is 4.90 Å². The summed E-state index contributed by atoms with van der Waals surface area (Å²) >= 11 is 0. The molecule has 17 heteroatoms. The number of ether oxygens (including phenoxy) is 2. The van der Waals surface area contributed by atoms with Crippen LogP contribution in [0.1, 0.15) is 22.4 Å². The highest BCUT2D eigenvalue weighted by Crippen LogP contribution is 2.38. The molecule has 1 aliphatic rings. The van der Waals surface area contributed by atoms with E-state index in [2.05, 4.69) is 15.6 Å². The van der Waals surface area contributed by atoms with Gasteiger partial charge in [0.15, 0.2) is 0 Å². The van der Waals surface area contributed by atoms with Crippen LogP contribution in [0, 0.1) is 0 Å². The third-order valence-electron chi connectivity index (χ3n) is 6.64. The van der Waals surface area contributed by atoms with Crippen molar-refractivity contribution in [1.82, 2.24) is 9.88 Å². The van der Waals surface area contributed by atoms with Crippen molar-refractivity contribution in [3.05, 3.63) is 88.8 Å². The van der Waals surface area contributed by atoms with Gasteiger partial charge in [0.1, 0.15) is 23.6 Å². The number of aromatic nitrogens is 1. The van der Waals surface area contributed by atoms with Crippen LogP contribution in [0.25, 0.3) is 6.08 Å². The number of carbonyl (C=O) groups excluding carboxylic acids is 2. The Kier molecular flexibility index (Phi) is 10.8. The lowest BCUT2D eigenvalue weighted by atomic mass is 10.1. The van der Waals surface area contributed by atoms with Gasteiger partial charge in [-0.25, -0.2) is 0 Å². The fourth-order valence-electron chi connectivity index (χ4n) is 4.29. The van der Waals surface area contributed by atoms with Gasteiger partial charge in [-0.15, -0.1) is 0 Å². The zero-order valence-electron chi connectivity index (χ0n) is 24.0. The van der Waals surface area contributed by atoms with Gasteiger partial charge in [-0.3, -0.25) is 19.5 Å². The highest BCUT2D eigenvalue weighted by molar-refractivity contribution is 6.28. The summed E-state index contributed by atoms with van der Waals surface area (Å²) in [5, 5.41) is 4.21. The fraction of sp³-hybridized carbons (Fsp3) is 0.300. The summed E-state index contributed by atoms with van der Waals surface area (Å²) in [5.41, 5.74) is -5.59. The number of rotatable bonds is 9. The summed E-state index contributed by atoms with van der Waals surface area (Å²) in [6.07, 6.45) is -13.1. The summed E-state index contributed by atoms with van der Waals surface area (Å²) < 4.78 is 131. The number of nitrogens with one attached hydrogen (secondary N) is 2. The maximum atomic E-state index is 13.9. The number of carbonyl (C=O) groups is 2. The van der Waals surface area contributed by atoms with Gasteiger partial charge in [0, 0.05) is 37.2 Å². The lowest BCUT2D eigenvalue weighted by Gasteiger charge is -2.26. The van der Waals surface area contributed by atoms with Crippen molar-refractivity contribution in [3.63, 3.8) is 0 Å². The van der Waals surface area contributed by atoms with E-state index in [1.54, 1.807) is 0 Å². The Labute approximate surface area is 261 Å².